The van der Waals surface area contributed by atoms with Crippen molar-refractivity contribution >= 4 is 21.6 Å². The maximum atomic E-state index is 13.4. The molecule has 3 aromatic carbocycles. The molecule has 0 radical (unpaired) electrons. The number of nitrogens with zero attached hydrogens (tertiary/aromatic N) is 1. The molecule has 34 heavy (non-hydrogen) atoms. The van der Waals surface area contributed by atoms with Gasteiger partial charge in [-0.2, -0.15) is 0 Å². The second-order valence-corrected chi connectivity index (χ2v) is 9.63. The number of nitrogens with one attached hydrogen (secondary N) is 1. The van der Waals surface area contributed by atoms with Crippen LogP contribution in [0.2, 0.25) is 0 Å². The molecule has 1 saturated heterocycles. The summed E-state index contributed by atoms with van der Waals surface area (Å²) in [4.78, 5) is 15.0. The number of anilines is 1. The molecule has 1 N–H and O–H groups in total. The fourth-order valence-electron chi connectivity index (χ4n) is 3.81. The average molecular weight is 485 g/mol. The van der Waals surface area contributed by atoms with Gasteiger partial charge in [0.25, 0.3) is 15.9 Å². The van der Waals surface area contributed by atoms with Gasteiger partial charge in [-0.15, -0.1) is 0 Å². The lowest BCUT2D eigenvalue weighted by Gasteiger charge is -2.33. The second-order valence-electron chi connectivity index (χ2n) is 7.94. The molecule has 0 spiro atoms. The Balaban J connectivity index is 1.57. The van der Waals surface area contributed by atoms with Gasteiger partial charge >= 0.3 is 0 Å². The summed E-state index contributed by atoms with van der Waals surface area (Å²) >= 11 is 0. The highest BCUT2D eigenvalue weighted by atomic mass is 32.2. The molecule has 7 nitrogen and oxygen atoms in total. The molecule has 3 aromatic rings. The number of rotatable bonds is 6. The third kappa shape index (κ3) is 5.05. The summed E-state index contributed by atoms with van der Waals surface area (Å²) in [5, 5.41) is 0. The highest BCUT2D eigenvalue weighted by Crippen LogP contribution is 2.28. The molecule has 0 saturated carbocycles. The molecular formula is C25H25FN2O5S. The topological polar surface area (TPSA) is 84.9 Å². The maximum Gasteiger partial charge on any atom is 0.262 e. The lowest BCUT2D eigenvalue weighted by molar-refractivity contribution is -0.0228. The van der Waals surface area contributed by atoms with Gasteiger partial charge in [0.2, 0.25) is 0 Å². The third-order valence-corrected chi connectivity index (χ3v) is 7.06. The Labute approximate surface area is 198 Å². The van der Waals surface area contributed by atoms with Gasteiger partial charge in [0, 0.05) is 12.1 Å². The number of ether oxygens (including phenoxy) is 2. The zero-order valence-electron chi connectivity index (χ0n) is 18.8. The number of methoxy groups -OCH3 is 1. The van der Waals surface area contributed by atoms with Crippen LogP contribution in [0.1, 0.15) is 27.6 Å². The number of carbonyl (C=O) groups is 1. The van der Waals surface area contributed by atoms with Gasteiger partial charge < -0.3 is 14.4 Å². The van der Waals surface area contributed by atoms with E-state index in [1.54, 1.807) is 54.3 Å². The summed E-state index contributed by atoms with van der Waals surface area (Å²) < 4.78 is 52.9. The molecule has 1 heterocycles. The fourth-order valence-corrected chi connectivity index (χ4v) is 4.91. The lowest BCUT2D eigenvalue weighted by Crippen LogP contribution is -2.42. The summed E-state index contributed by atoms with van der Waals surface area (Å²) in [7, 11) is -2.51. The Kier molecular flexibility index (Phi) is 6.85. The van der Waals surface area contributed by atoms with Gasteiger partial charge in [0.1, 0.15) is 17.7 Å². The zero-order valence-corrected chi connectivity index (χ0v) is 19.6. The van der Waals surface area contributed by atoms with Crippen LogP contribution in [-0.4, -0.2) is 46.0 Å². The van der Waals surface area contributed by atoms with Crippen molar-refractivity contribution in [2.75, 3.05) is 31.5 Å². The summed E-state index contributed by atoms with van der Waals surface area (Å²) in [6.07, 6.45) is -0.391. The smallest absolute Gasteiger partial charge is 0.262 e. The van der Waals surface area contributed by atoms with E-state index in [0.717, 1.165) is 5.56 Å². The van der Waals surface area contributed by atoms with Gasteiger partial charge in [0.05, 0.1) is 30.8 Å². The number of para-hydroxylation sites is 2. The minimum Gasteiger partial charge on any atom is -0.495 e. The molecule has 4 rings (SSSR count). The van der Waals surface area contributed by atoms with Crippen LogP contribution in [0.3, 0.4) is 0 Å². The van der Waals surface area contributed by atoms with Gasteiger partial charge in [-0.05, 0) is 54.4 Å². The standard InChI is InChI=1S/C25H25FN2O5S/c1-17-7-12-20(34(30,31)27-22-5-3-4-6-23(22)32-2)15-21(17)25(29)28-13-14-33-24(16-28)18-8-10-19(26)11-9-18/h3-12,15,24,27H,13-14,16H2,1-2H3/t24-/m1/s1. The highest BCUT2D eigenvalue weighted by Gasteiger charge is 2.28. The Hall–Kier alpha value is -3.43. The van der Waals surface area contributed by atoms with Crippen LogP contribution in [-0.2, 0) is 14.8 Å². The highest BCUT2D eigenvalue weighted by molar-refractivity contribution is 7.92. The van der Waals surface area contributed by atoms with Gasteiger partial charge in [-0.1, -0.05) is 30.3 Å². The molecule has 0 aliphatic carbocycles. The van der Waals surface area contributed by atoms with E-state index in [4.69, 9.17) is 9.47 Å². The first-order valence-electron chi connectivity index (χ1n) is 10.7. The normalized spacial score (nSPS) is 16.2. The first-order chi connectivity index (χ1) is 16.3. The van der Waals surface area contributed by atoms with E-state index in [2.05, 4.69) is 4.72 Å². The molecule has 0 aromatic heterocycles. The van der Waals surface area contributed by atoms with E-state index >= 15 is 0 Å². The Morgan fingerprint density at radius 3 is 2.59 bits per heavy atom. The SMILES string of the molecule is COc1ccccc1NS(=O)(=O)c1ccc(C)c(C(=O)N2CCO[C@@H](c3ccc(F)cc3)C2)c1. The van der Waals surface area contributed by atoms with Crippen molar-refractivity contribution in [3.63, 3.8) is 0 Å². The van der Waals surface area contributed by atoms with Gasteiger partial charge in [-0.25, -0.2) is 12.8 Å². The molecule has 178 valence electrons. The predicted molar refractivity (Wildman–Crippen MR) is 126 cm³/mol. The maximum absolute atomic E-state index is 13.4. The molecule has 1 amide bonds. The van der Waals surface area contributed by atoms with Crippen molar-refractivity contribution in [1.82, 2.24) is 4.90 Å². The molecular weight excluding hydrogens is 459 g/mol. The average Bonchev–Trinajstić information content (AvgIpc) is 2.84. The number of benzene rings is 3. The summed E-state index contributed by atoms with van der Waals surface area (Å²) in [6, 6.07) is 17.1. The van der Waals surface area contributed by atoms with E-state index in [1.807, 2.05) is 0 Å². The Morgan fingerprint density at radius 2 is 1.85 bits per heavy atom. The van der Waals surface area contributed by atoms with Crippen molar-refractivity contribution in [2.45, 2.75) is 17.9 Å². The predicted octanol–water partition coefficient (Wildman–Crippen LogP) is 4.16. The minimum atomic E-state index is -3.97. The van der Waals surface area contributed by atoms with E-state index in [9.17, 15) is 17.6 Å². The largest absolute Gasteiger partial charge is 0.495 e. The summed E-state index contributed by atoms with van der Waals surface area (Å²) in [5.41, 5.74) is 2.02. The van der Waals surface area contributed by atoms with Crippen LogP contribution in [0.4, 0.5) is 10.1 Å². The molecule has 1 aliphatic heterocycles. The summed E-state index contributed by atoms with van der Waals surface area (Å²) in [5.74, 6) is -0.250. The Morgan fingerprint density at radius 1 is 1.12 bits per heavy atom. The monoisotopic (exact) mass is 484 g/mol. The number of hydrogen-bond acceptors (Lipinski definition) is 5. The van der Waals surface area contributed by atoms with Crippen LogP contribution >= 0.6 is 0 Å². The zero-order chi connectivity index (χ0) is 24.3. The number of amides is 1. The van der Waals surface area contributed by atoms with Crippen molar-refractivity contribution in [1.29, 1.82) is 0 Å². The van der Waals surface area contributed by atoms with Crippen LogP contribution in [0.5, 0.6) is 5.75 Å². The first-order valence-corrected chi connectivity index (χ1v) is 12.2. The van der Waals surface area contributed by atoms with Crippen LogP contribution in [0.15, 0.2) is 71.6 Å². The molecule has 1 aliphatic rings. The van der Waals surface area contributed by atoms with Crippen LogP contribution < -0.4 is 9.46 Å². The van der Waals surface area contributed by atoms with Crippen LogP contribution in [0, 0.1) is 12.7 Å². The third-order valence-electron chi connectivity index (χ3n) is 5.70. The fraction of sp³-hybridized carbons (Fsp3) is 0.240. The minimum absolute atomic E-state index is 0.0318. The van der Waals surface area contributed by atoms with Gasteiger partial charge in [-0.3, -0.25) is 9.52 Å². The number of carbonyl (C=O) groups excluding carboxylic acids is 1. The number of halogens is 1. The second kappa shape index (κ2) is 9.82. The quantitative estimate of drug-likeness (QED) is 0.568. The van der Waals surface area contributed by atoms with Gasteiger partial charge in [0.15, 0.2) is 0 Å². The van der Waals surface area contributed by atoms with Crippen molar-refractivity contribution in [3.05, 3.63) is 89.2 Å². The molecule has 0 bridgehead atoms. The van der Waals surface area contributed by atoms with E-state index in [0.29, 0.717) is 35.7 Å². The molecule has 0 unspecified atom stereocenters. The van der Waals surface area contributed by atoms with Crippen molar-refractivity contribution in [3.8, 4) is 5.75 Å². The van der Waals surface area contributed by atoms with Crippen molar-refractivity contribution in [2.24, 2.45) is 0 Å². The number of hydrogen-bond donors (Lipinski definition) is 1. The molecule has 1 atom stereocenters. The Bertz CT molecular complexity index is 1290. The van der Waals surface area contributed by atoms with E-state index in [-0.39, 0.29) is 23.2 Å². The lowest BCUT2D eigenvalue weighted by atomic mass is 10.0. The van der Waals surface area contributed by atoms with E-state index in [1.165, 1.54) is 31.4 Å². The summed E-state index contributed by atoms with van der Waals surface area (Å²) in [6.45, 7) is 2.72. The van der Waals surface area contributed by atoms with E-state index < -0.39 is 16.1 Å². The number of sulfonamides is 1. The molecule has 9 heteroatoms. The van der Waals surface area contributed by atoms with Crippen LogP contribution in [0.25, 0.3) is 0 Å². The molecule has 1 fully saturated rings. The number of morpholine rings is 1. The first kappa shape index (κ1) is 23.7. The number of aryl methyl sites for hydroxylation is 1. The van der Waals surface area contributed by atoms with Crippen molar-refractivity contribution < 1.29 is 27.1 Å².